The van der Waals surface area contributed by atoms with Crippen LogP contribution in [-0.2, 0) is 4.74 Å². The third-order valence-electron chi connectivity index (χ3n) is 3.28. The van der Waals surface area contributed by atoms with Gasteiger partial charge in [0.2, 0.25) is 5.79 Å². The zero-order chi connectivity index (χ0) is 15.0. The minimum atomic E-state index is -0.492. The van der Waals surface area contributed by atoms with Crippen LogP contribution >= 0.6 is 0 Å². The summed E-state index contributed by atoms with van der Waals surface area (Å²) in [4.78, 5) is 0. The lowest BCUT2D eigenvalue weighted by Gasteiger charge is -2.36. The van der Waals surface area contributed by atoms with Crippen LogP contribution in [0.3, 0.4) is 0 Å². The molecule has 0 spiro atoms. The molecule has 0 radical (unpaired) electrons. The SMILES string of the molecule is CCOC(CCC(C)C)(CC(C)C)Oc1ccccc1. The molecule has 0 N–H and O–H groups in total. The van der Waals surface area contributed by atoms with Gasteiger partial charge in [-0.05, 0) is 37.3 Å². The fourth-order valence-electron chi connectivity index (χ4n) is 2.45. The molecule has 0 aliphatic heterocycles. The van der Waals surface area contributed by atoms with E-state index in [1.54, 1.807) is 0 Å². The monoisotopic (exact) mass is 278 g/mol. The lowest BCUT2D eigenvalue weighted by atomic mass is 9.94. The molecule has 0 fully saturated rings. The van der Waals surface area contributed by atoms with E-state index in [1.807, 2.05) is 37.3 Å². The minimum absolute atomic E-state index is 0.492. The summed E-state index contributed by atoms with van der Waals surface area (Å²) >= 11 is 0. The van der Waals surface area contributed by atoms with Gasteiger partial charge in [-0.15, -0.1) is 0 Å². The van der Waals surface area contributed by atoms with Crippen LogP contribution < -0.4 is 4.74 Å². The molecule has 0 saturated carbocycles. The van der Waals surface area contributed by atoms with Crippen molar-refractivity contribution in [3.63, 3.8) is 0 Å². The lowest BCUT2D eigenvalue weighted by Crippen LogP contribution is -2.41. The van der Waals surface area contributed by atoms with E-state index in [-0.39, 0.29) is 0 Å². The predicted molar refractivity (Wildman–Crippen MR) is 85.0 cm³/mol. The highest BCUT2D eigenvalue weighted by molar-refractivity contribution is 5.21. The first-order valence-corrected chi connectivity index (χ1v) is 7.85. The van der Waals surface area contributed by atoms with E-state index in [1.165, 1.54) is 0 Å². The first-order valence-electron chi connectivity index (χ1n) is 7.85. The second kappa shape index (κ2) is 8.31. The van der Waals surface area contributed by atoms with Crippen LogP contribution in [0.5, 0.6) is 5.75 Å². The van der Waals surface area contributed by atoms with E-state index in [9.17, 15) is 0 Å². The predicted octanol–water partition coefficient (Wildman–Crippen LogP) is 5.28. The van der Waals surface area contributed by atoms with E-state index in [0.717, 1.165) is 25.0 Å². The van der Waals surface area contributed by atoms with Crippen LogP contribution in [-0.4, -0.2) is 12.4 Å². The van der Waals surface area contributed by atoms with Crippen molar-refractivity contribution in [2.75, 3.05) is 6.61 Å². The maximum absolute atomic E-state index is 6.28. The fraction of sp³-hybridized carbons (Fsp3) is 0.667. The van der Waals surface area contributed by atoms with E-state index in [2.05, 4.69) is 27.7 Å². The lowest BCUT2D eigenvalue weighted by molar-refractivity contribution is -0.196. The Hall–Kier alpha value is -1.02. The van der Waals surface area contributed by atoms with Crippen molar-refractivity contribution < 1.29 is 9.47 Å². The third-order valence-corrected chi connectivity index (χ3v) is 3.28. The summed E-state index contributed by atoms with van der Waals surface area (Å²) in [6, 6.07) is 10.0. The van der Waals surface area contributed by atoms with Gasteiger partial charge < -0.3 is 9.47 Å². The molecule has 0 aromatic heterocycles. The van der Waals surface area contributed by atoms with E-state index >= 15 is 0 Å². The Balaban J connectivity index is 2.88. The van der Waals surface area contributed by atoms with Gasteiger partial charge >= 0.3 is 0 Å². The Morgan fingerprint density at radius 3 is 2.15 bits per heavy atom. The van der Waals surface area contributed by atoms with Gasteiger partial charge in [0, 0.05) is 19.4 Å². The van der Waals surface area contributed by atoms with Gasteiger partial charge in [0.15, 0.2) is 0 Å². The number of benzene rings is 1. The molecular weight excluding hydrogens is 248 g/mol. The molecule has 0 aliphatic rings. The molecule has 1 rings (SSSR count). The maximum atomic E-state index is 6.28. The van der Waals surface area contributed by atoms with Crippen molar-refractivity contribution in [3.8, 4) is 5.75 Å². The van der Waals surface area contributed by atoms with Gasteiger partial charge in [-0.25, -0.2) is 0 Å². The summed E-state index contributed by atoms with van der Waals surface area (Å²) in [5, 5.41) is 0. The molecule has 114 valence electrons. The van der Waals surface area contributed by atoms with Crippen molar-refractivity contribution in [3.05, 3.63) is 30.3 Å². The molecule has 1 aromatic carbocycles. The Bertz CT molecular complexity index is 359. The first-order chi connectivity index (χ1) is 9.47. The second-order valence-corrected chi connectivity index (χ2v) is 6.29. The normalized spacial score (nSPS) is 14.6. The highest BCUT2D eigenvalue weighted by atomic mass is 16.7. The number of rotatable bonds is 9. The van der Waals surface area contributed by atoms with Crippen LogP contribution in [0.1, 0.15) is 53.9 Å². The van der Waals surface area contributed by atoms with Crippen LogP contribution in [0.2, 0.25) is 0 Å². The zero-order valence-corrected chi connectivity index (χ0v) is 13.7. The molecule has 0 aliphatic carbocycles. The van der Waals surface area contributed by atoms with Crippen molar-refractivity contribution >= 4 is 0 Å². The van der Waals surface area contributed by atoms with Crippen LogP contribution in [0, 0.1) is 11.8 Å². The molecule has 1 unspecified atom stereocenters. The molecule has 0 saturated heterocycles. The van der Waals surface area contributed by atoms with Crippen molar-refractivity contribution in [2.45, 2.75) is 59.7 Å². The first kappa shape index (κ1) is 17.0. The van der Waals surface area contributed by atoms with E-state index in [0.29, 0.717) is 18.4 Å². The summed E-state index contributed by atoms with van der Waals surface area (Å²) in [6.45, 7) is 11.6. The summed E-state index contributed by atoms with van der Waals surface area (Å²) in [7, 11) is 0. The van der Waals surface area contributed by atoms with Gasteiger partial charge in [-0.3, -0.25) is 0 Å². The zero-order valence-electron chi connectivity index (χ0n) is 13.7. The molecule has 2 nitrogen and oxygen atoms in total. The molecule has 0 bridgehead atoms. The standard InChI is InChI=1S/C18H30O2/c1-6-19-18(14-16(4)5,13-12-15(2)3)20-17-10-8-7-9-11-17/h7-11,15-16H,6,12-14H2,1-5H3. The van der Waals surface area contributed by atoms with Gasteiger partial charge in [0.1, 0.15) is 5.75 Å². The molecule has 20 heavy (non-hydrogen) atoms. The van der Waals surface area contributed by atoms with Gasteiger partial charge in [0.25, 0.3) is 0 Å². The van der Waals surface area contributed by atoms with Gasteiger partial charge in [-0.2, -0.15) is 0 Å². The average molecular weight is 278 g/mol. The Labute approximate surface area is 124 Å². The molecule has 2 heteroatoms. The number of hydrogen-bond donors (Lipinski definition) is 0. The van der Waals surface area contributed by atoms with Crippen LogP contribution in [0.15, 0.2) is 30.3 Å². The number of hydrogen-bond acceptors (Lipinski definition) is 2. The summed E-state index contributed by atoms with van der Waals surface area (Å²) in [6.07, 6.45) is 2.97. The largest absolute Gasteiger partial charge is 0.462 e. The molecule has 0 amide bonds. The minimum Gasteiger partial charge on any atom is -0.462 e. The second-order valence-electron chi connectivity index (χ2n) is 6.29. The molecular formula is C18H30O2. The van der Waals surface area contributed by atoms with Gasteiger partial charge in [-0.1, -0.05) is 45.9 Å². The van der Waals surface area contributed by atoms with Gasteiger partial charge in [0.05, 0.1) is 0 Å². The Morgan fingerprint density at radius 2 is 1.65 bits per heavy atom. The van der Waals surface area contributed by atoms with E-state index < -0.39 is 5.79 Å². The fourth-order valence-corrected chi connectivity index (χ4v) is 2.45. The van der Waals surface area contributed by atoms with Crippen LogP contribution in [0.4, 0.5) is 0 Å². The van der Waals surface area contributed by atoms with Crippen molar-refractivity contribution in [1.29, 1.82) is 0 Å². The highest BCUT2D eigenvalue weighted by Gasteiger charge is 2.34. The summed E-state index contributed by atoms with van der Waals surface area (Å²) in [5.74, 6) is 1.60. The molecule has 1 atom stereocenters. The van der Waals surface area contributed by atoms with E-state index in [4.69, 9.17) is 9.47 Å². The summed E-state index contributed by atoms with van der Waals surface area (Å²) in [5.41, 5.74) is 0. The quantitative estimate of drug-likeness (QED) is 0.572. The number of ether oxygens (including phenoxy) is 2. The van der Waals surface area contributed by atoms with Crippen molar-refractivity contribution in [1.82, 2.24) is 0 Å². The third kappa shape index (κ3) is 5.96. The average Bonchev–Trinajstić information content (AvgIpc) is 2.37. The maximum Gasteiger partial charge on any atom is 0.210 e. The van der Waals surface area contributed by atoms with Crippen LogP contribution in [0.25, 0.3) is 0 Å². The highest BCUT2D eigenvalue weighted by Crippen LogP contribution is 2.31. The molecule has 1 aromatic rings. The Kier molecular flexibility index (Phi) is 7.08. The molecule has 0 heterocycles. The summed E-state index contributed by atoms with van der Waals surface area (Å²) < 4.78 is 12.4. The number of para-hydroxylation sites is 1. The topological polar surface area (TPSA) is 18.5 Å². The van der Waals surface area contributed by atoms with Crippen molar-refractivity contribution in [2.24, 2.45) is 11.8 Å². The Morgan fingerprint density at radius 1 is 1.00 bits per heavy atom. The smallest absolute Gasteiger partial charge is 0.210 e.